The summed E-state index contributed by atoms with van der Waals surface area (Å²) >= 11 is 0. The molecule has 150 valence electrons. The second-order valence-electron chi connectivity index (χ2n) is 6.91. The molecule has 0 aliphatic rings. The highest BCUT2D eigenvalue weighted by Crippen LogP contribution is 2.25. The van der Waals surface area contributed by atoms with Crippen LogP contribution in [-0.4, -0.2) is 10.5 Å². The summed E-state index contributed by atoms with van der Waals surface area (Å²) in [6.45, 7) is 13.4. The highest BCUT2D eigenvalue weighted by Gasteiger charge is 2.10. The van der Waals surface area contributed by atoms with Crippen LogP contribution in [0.25, 0.3) is 23.3 Å². The van der Waals surface area contributed by atoms with Crippen molar-refractivity contribution in [2.75, 3.05) is 0 Å². The number of allylic oxidation sites excluding steroid dienone is 1. The Balaban J connectivity index is 0.00000122. The largest absolute Gasteiger partial charge is 0.370 e. The van der Waals surface area contributed by atoms with Crippen molar-refractivity contribution in [1.82, 2.24) is 4.57 Å². The molecule has 4 N–H and O–H groups in total. The molecule has 0 aliphatic heterocycles. The van der Waals surface area contributed by atoms with Gasteiger partial charge < -0.3 is 16.0 Å². The molecule has 0 atom stereocenters. The third kappa shape index (κ3) is 5.71. The van der Waals surface area contributed by atoms with Crippen molar-refractivity contribution in [3.05, 3.63) is 63.4 Å². The van der Waals surface area contributed by atoms with Gasteiger partial charge in [-0.15, -0.1) is 6.58 Å². The number of aromatic nitrogens is 1. The molecule has 0 unspecified atom stereocenters. The quantitative estimate of drug-likeness (QED) is 0.488. The Hall–Kier alpha value is -3.08. The first kappa shape index (κ1) is 23.0. The molecule has 0 aliphatic carbocycles. The molecule has 5 heteroatoms. The molecule has 28 heavy (non-hydrogen) atoms. The lowest BCUT2D eigenvalue weighted by Crippen LogP contribution is -2.42. The van der Waals surface area contributed by atoms with E-state index in [9.17, 15) is 4.79 Å². The van der Waals surface area contributed by atoms with Crippen molar-refractivity contribution in [2.45, 2.75) is 34.6 Å². The molecule has 2 rings (SSSR count). The van der Waals surface area contributed by atoms with Crippen LogP contribution < -0.4 is 27.6 Å². The number of guanidine groups is 1. The van der Waals surface area contributed by atoms with E-state index in [1.54, 1.807) is 10.6 Å². The fourth-order valence-corrected chi connectivity index (χ4v) is 2.84. The van der Waals surface area contributed by atoms with Gasteiger partial charge in [-0.25, -0.2) is 4.99 Å². The van der Waals surface area contributed by atoms with Gasteiger partial charge in [0, 0.05) is 18.0 Å². The lowest BCUT2D eigenvalue weighted by molar-refractivity contribution is 0.796. The van der Waals surface area contributed by atoms with Crippen LogP contribution in [-0.2, 0) is 7.05 Å². The van der Waals surface area contributed by atoms with E-state index < -0.39 is 0 Å². The minimum atomic E-state index is -0.0394. The normalized spacial score (nSPS) is 11.8. The second-order valence-corrected chi connectivity index (χ2v) is 6.91. The number of benzene rings is 1. The summed E-state index contributed by atoms with van der Waals surface area (Å²) in [7, 11) is 1.81. The van der Waals surface area contributed by atoms with Crippen molar-refractivity contribution in [3.8, 4) is 11.1 Å². The van der Waals surface area contributed by atoms with Gasteiger partial charge >= 0.3 is 0 Å². The van der Waals surface area contributed by atoms with Crippen molar-refractivity contribution < 1.29 is 0 Å². The molecule has 0 bridgehead atoms. The summed E-state index contributed by atoms with van der Waals surface area (Å²) in [5, 5.41) is 1.96. The standard InChI is InChI=1S/C20H26N4O.C3H6/c1-6-14-10-17(19(25)24(5)18(14)9-12(2)3)16-11-15(23-20(21)22)8-7-13(16)4;1-3-2/h6-12H,1-5H3,(H4,21,22,23);3H,1H2,2H3/b14-6-,18-9+;. The van der Waals surface area contributed by atoms with E-state index in [0.29, 0.717) is 17.2 Å². The second kappa shape index (κ2) is 10.3. The summed E-state index contributed by atoms with van der Waals surface area (Å²) in [6.07, 6.45) is 5.87. The number of hydrogen-bond acceptors (Lipinski definition) is 2. The van der Waals surface area contributed by atoms with Crippen molar-refractivity contribution in [1.29, 1.82) is 0 Å². The summed E-state index contributed by atoms with van der Waals surface area (Å²) in [5.74, 6) is 0.342. The highest BCUT2D eigenvalue weighted by molar-refractivity contribution is 5.80. The average Bonchev–Trinajstić information content (AvgIpc) is 2.61. The first-order chi connectivity index (χ1) is 13.2. The zero-order chi connectivity index (χ0) is 21.4. The van der Waals surface area contributed by atoms with Gasteiger partial charge in [-0.3, -0.25) is 4.79 Å². The van der Waals surface area contributed by atoms with Crippen LogP contribution in [0.5, 0.6) is 0 Å². The molecule has 5 nitrogen and oxygen atoms in total. The van der Waals surface area contributed by atoms with Crippen LogP contribution >= 0.6 is 0 Å². The van der Waals surface area contributed by atoms with E-state index in [2.05, 4.69) is 31.5 Å². The topological polar surface area (TPSA) is 86.4 Å². The summed E-state index contributed by atoms with van der Waals surface area (Å²) in [4.78, 5) is 17.1. The average molecular weight is 381 g/mol. The SMILES string of the molecule is C/C=c1/cc(-c2cc(N=C(N)N)ccc2C)c(=O)n(C)/c1=C/C(C)C.C=CC. The molecule has 1 aromatic heterocycles. The Kier molecular flexibility index (Phi) is 8.45. The molecule has 0 radical (unpaired) electrons. The number of nitrogens with two attached hydrogens (primary N) is 2. The molecule has 0 saturated heterocycles. The van der Waals surface area contributed by atoms with Crippen molar-refractivity contribution in [3.63, 3.8) is 0 Å². The molecular formula is C23H32N4O. The smallest absolute Gasteiger partial charge is 0.258 e. The van der Waals surface area contributed by atoms with E-state index in [-0.39, 0.29) is 11.5 Å². The number of nitrogens with zero attached hydrogens (tertiary/aromatic N) is 2. The lowest BCUT2D eigenvalue weighted by atomic mass is 10.00. The van der Waals surface area contributed by atoms with Crippen molar-refractivity contribution in [2.24, 2.45) is 29.4 Å². The van der Waals surface area contributed by atoms with E-state index in [4.69, 9.17) is 11.5 Å². The maximum Gasteiger partial charge on any atom is 0.258 e. The first-order valence-electron chi connectivity index (χ1n) is 9.32. The van der Waals surface area contributed by atoms with Crippen LogP contribution in [0.4, 0.5) is 5.69 Å². The lowest BCUT2D eigenvalue weighted by Gasteiger charge is -2.11. The van der Waals surface area contributed by atoms with Crippen molar-refractivity contribution >= 4 is 23.8 Å². The first-order valence-corrected chi connectivity index (χ1v) is 9.32. The van der Waals surface area contributed by atoms with Crippen LogP contribution in [0.15, 0.2) is 46.7 Å². The minimum absolute atomic E-state index is 0.00725. The Bertz CT molecular complexity index is 1040. The van der Waals surface area contributed by atoms with E-state index in [1.807, 2.05) is 58.2 Å². The molecular weight excluding hydrogens is 348 g/mol. The molecule has 0 spiro atoms. The van der Waals surface area contributed by atoms with Gasteiger partial charge in [0.1, 0.15) is 0 Å². The molecule has 2 aromatic rings. The molecule has 0 saturated carbocycles. The van der Waals surface area contributed by atoms with Gasteiger partial charge in [0.15, 0.2) is 5.96 Å². The maximum atomic E-state index is 13.0. The van der Waals surface area contributed by atoms with E-state index in [1.165, 1.54) is 0 Å². The maximum absolute atomic E-state index is 13.0. The van der Waals surface area contributed by atoms with E-state index in [0.717, 1.165) is 21.7 Å². The van der Waals surface area contributed by atoms with Crippen LogP contribution in [0.2, 0.25) is 0 Å². The van der Waals surface area contributed by atoms with Crippen LogP contribution in [0.3, 0.4) is 0 Å². The fourth-order valence-electron chi connectivity index (χ4n) is 2.84. The number of aryl methyl sites for hydroxylation is 1. The van der Waals surface area contributed by atoms with Crippen LogP contribution in [0, 0.1) is 12.8 Å². The zero-order valence-corrected chi connectivity index (χ0v) is 17.8. The predicted molar refractivity (Wildman–Crippen MR) is 122 cm³/mol. The number of aliphatic imine (C=N–C) groups is 1. The van der Waals surface area contributed by atoms with Gasteiger partial charge in [-0.1, -0.05) is 38.1 Å². The summed E-state index contributed by atoms with van der Waals surface area (Å²) in [6, 6.07) is 7.53. The number of rotatable bonds is 3. The highest BCUT2D eigenvalue weighted by atomic mass is 16.1. The monoisotopic (exact) mass is 380 g/mol. The Morgan fingerprint density at radius 3 is 2.29 bits per heavy atom. The van der Waals surface area contributed by atoms with Gasteiger partial charge in [-0.2, -0.15) is 0 Å². The van der Waals surface area contributed by atoms with Gasteiger partial charge in [0.05, 0.1) is 5.69 Å². The summed E-state index contributed by atoms with van der Waals surface area (Å²) in [5.41, 5.74) is 14.0. The van der Waals surface area contributed by atoms with Gasteiger partial charge in [0.2, 0.25) is 0 Å². The van der Waals surface area contributed by atoms with Crippen LogP contribution in [0.1, 0.15) is 33.3 Å². The van der Waals surface area contributed by atoms with E-state index >= 15 is 0 Å². The third-order valence-corrected chi connectivity index (χ3v) is 4.06. The predicted octanol–water partition coefficient (Wildman–Crippen LogP) is 2.69. The Morgan fingerprint density at radius 2 is 1.79 bits per heavy atom. The van der Waals surface area contributed by atoms with Gasteiger partial charge in [0.25, 0.3) is 5.56 Å². The Morgan fingerprint density at radius 1 is 1.18 bits per heavy atom. The molecule has 1 heterocycles. The number of pyridine rings is 1. The molecule has 0 amide bonds. The van der Waals surface area contributed by atoms with Gasteiger partial charge in [-0.05, 0) is 61.2 Å². The zero-order valence-electron chi connectivity index (χ0n) is 17.8. The minimum Gasteiger partial charge on any atom is -0.370 e. The Labute approximate surface area is 167 Å². The molecule has 1 aromatic carbocycles. The fraction of sp³-hybridized carbons (Fsp3) is 0.304. The summed E-state index contributed by atoms with van der Waals surface area (Å²) < 4.78 is 1.71. The number of hydrogen-bond donors (Lipinski definition) is 2. The third-order valence-electron chi connectivity index (χ3n) is 4.06. The molecule has 0 fully saturated rings.